The SMILES string of the molecule is Cc1cc(C)c(C(C)NCCS(N)(=O)=O)c(C)n1. The van der Waals surface area contributed by atoms with Crippen LogP contribution in [0.1, 0.15) is 35.5 Å². The van der Waals surface area contributed by atoms with E-state index in [1.807, 2.05) is 33.8 Å². The molecule has 102 valence electrons. The fourth-order valence-corrected chi connectivity index (χ4v) is 2.61. The first kappa shape index (κ1) is 15.1. The van der Waals surface area contributed by atoms with Crippen LogP contribution in [0.15, 0.2) is 6.07 Å². The van der Waals surface area contributed by atoms with E-state index in [1.54, 1.807) is 0 Å². The summed E-state index contributed by atoms with van der Waals surface area (Å²) in [5.41, 5.74) is 4.25. The largest absolute Gasteiger partial charge is 0.309 e. The molecule has 0 saturated heterocycles. The molecule has 0 aliphatic carbocycles. The molecule has 6 heteroatoms. The molecule has 5 nitrogen and oxygen atoms in total. The first-order valence-electron chi connectivity index (χ1n) is 5.89. The molecule has 1 unspecified atom stereocenters. The molecule has 1 aromatic rings. The second-order valence-electron chi connectivity index (χ2n) is 4.62. The van der Waals surface area contributed by atoms with E-state index in [4.69, 9.17) is 5.14 Å². The van der Waals surface area contributed by atoms with Gasteiger partial charge in [-0.25, -0.2) is 13.6 Å². The summed E-state index contributed by atoms with van der Waals surface area (Å²) in [6, 6.07) is 2.08. The molecule has 1 rings (SSSR count). The number of hydrogen-bond acceptors (Lipinski definition) is 4. The quantitative estimate of drug-likeness (QED) is 0.835. The topological polar surface area (TPSA) is 85.1 Å². The number of sulfonamides is 1. The van der Waals surface area contributed by atoms with Crippen LogP contribution in [0.4, 0.5) is 0 Å². The Balaban J connectivity index is 2.76. The molecule has 0 bridgehead atoms. The Labute approximate surface area is 109 Å². The fraction of sp³-hybridized carbons (Fsp3) is 0.583. The molecule has 18 heavy (non-hydrogen) atoms. The molecule has 0 fully saturated rings. The zero-order valence-electron chi connectivity index (χ0n) is 11.3. The third-order valence-corrected chi connectivity index (χ3v) is 3.63. The Morgan fingerprint density at radius 1 is 1.39 bits per heavy atom. The van der Waals surface area contributed by atoms with E-state index < -0.39 is 10.0 Å². The molecule has 0 aliphatic heterocycles. The van der Waals surface area contributed by atoms with Crippen molar-refractivity contribution in [2.24, 2.45) is 5.14 Å². The van der Waals surface area contributed by atoms with E-state index in [0.717, 1.165) is 22.5 Å². The molecular formula is C12H21N3O2S. The van der Waals surface area contributed by atoms with Crippen LogP contribution in [0.2, 0.25) is 0 Å². The fourth-order valence-electron chi connectivity index (χ4n) is 2.21. The standard InChI is InChI=1S/C12H21N3O2S/c1-8-7-9(2)15-11(4)12(8)10(3)14-5-6-18(13,16)17/h7,10,14H,5-6H2,1-4H3,(H2,13,16,17). The van der Waals surface area contributed by atoms with Crippen molar-refractivity contribution in [2.75, 3.05) is 12.3 Å². The summed E-state index contributed by atoms with van der Waals surface area (Å²) in [4.78, 5) is 4.43. The highest BCUT2D eigenvalue weighted by molar-refractivity contribution is 7.89. The number of nitrogens with one attached hydrogen (secondary N) is 1. The van der Waals surface area contributed by atoms with Crippen LogP contribution in [0, 0.1) is 20.8 Å². The molecule has 0 spiro atoms. The minimum absolute atomic E-state index is 0.0554. The van der Waals surface area contributed by atoms with Crippen molar-refractivity contribution in [2.45, 2.75) is 33.7 Å². The minimum Gasteiger partial charge on any atom is -0.309 e. The van der Waals surface area contributed by atoms with E-state index in [2.05, 4.69) is 10.3 Å². The highest BCUT2D eigenvalue weighted by Gasteiger charge is 2.13. The second kappa shape index (κ2) is 5.77. The summed E-state index contributed by atoms with van der Waals surface area (Å²) in [6.07, 6.45) is 0. The first-order valence-corrected chi connectivity index (χ1v) is 7.61. The smallest absolute Gasteiger partial charge is 0.210 e. The maximum absolute atomic E-state index is 10.9. The van der Waals surface area contributed by atoms with E-state index in [9.17, 15) is 8.42 Å². The maximum Gasteiger partial charge on any atom is 0.210 e. The normalized spacial score (nSPS) is 13.6. The van der Waals surface area contributed by atoms with Crippen molar-refractivity contribution in [1.29, 1.82) is 0 Å². The van der Waals surface area contributed by atoms with Crippen molar-refractivity contribution in [3.8, 4) is 0 Å². The van der Waals surface area contributed by atoms with Gasteiger partial charge in [0.25, 0.3) is 0 Å². The van der Waals surface area contributed by atoms with Crippen LogP contribution >= 0.6 is 0 Å². The van der Waals surface area contributed by atoms with Crippen LogP contribution in [-0.4, -0.2) is 25.7 Å². The third kappa shape index (κ3) is 4.36. The molecule has 0 amide bonds. The summed E-state index contributed by atoms with van der Waals surface area (Å²) < 4.78 is 21.7. The molecule has 1 heterocycles. The Kier molecular flexibility index (Phi) is 4.84. The highest BCUT2D eigenvalue weighted by atomic mass is 32.2. The molecule has 0 aromatic carbocycles. The van der Waals surface area contributed by atoms with Gasteiger partial charge >= 0.3 is 0 Å². The first-order chi connectivity index (χ1) is 8.20. The summed E-state index contributed by atoms with van der Waals surface area (Å²) in [7, 11) is -3.41. The molecule has 0 aliphatic rings. The Morgan fingerprint density at radius 3 is 2.50 bits per heavy atom. The van der Waals surface area contributed by atoms with Crippen molar-refractivity contribution in [3.05, 3.63) is 28.6 Å². The van der Waals surface area contributed by atoms with Crippen molar-refractivity contribution < 1.29 is 8.42 Å². The number of aromatic nitrogens is 1. The van der Waals surface area contributed by atoms with Crippen molar-refractivity contribution in [1.82, 2.24) is 10.3 Å². The average molecular weight is 271 g/mol. The second-order valence-corrected chi connectivity index (χ2v) is 6.36. The average Bonchev–Trinajstić information content (AvgIpc) is 2.13. The van der Waals surface area contributed by atoms with Gasteiger partial charge in [0.15, 0.2) is 0 Å². The van der Waals surface area contributed by atoms with Gasteiger partial charge in [0, 0.05) is 24.0 Å². The van der Waals surface area contributed by atoms with Gasteiger partial charge in [0.1, 0.15) is 0 Å². The van der Waals surface area contributed by atoms with Gasteiger partial charge in [0.2, 0.25) is 10.0 Å². The minimum atomic E-state index is -3.41. The highest BCUT2D eigenvalue weighted by Crippen LogP contribution is 2.20. The lowest BCUT2D eigenvalue weighted by Crippen LogP contribution is -2.29. The van der Waals surface area contributed by atoms with Gasteiger partial charge in [-0.1, -0.05) is 0 Å². The van der Waals surface area contributed by atoms with E-state index in [0.29, 0.717) is 6.54 Å². The maximum atomic E-state index is 10.9. The molecule has 1 aromatic heterocycles. The predicted molar refractivity (Wildman–Crippen MR) is 72.8 cm³/mol. The lowest BCUT2D eigenvalue weighted by Gasteiger charge is -2.18. The van der Waals surface area contributed by atoms with Crippen molar-refractivity contribution in [3.63, 3.8) is 0 Å². The summed E-state index contributed by atoms with van der Waals surface area (Å²) in [5.74, 6) is -0.0608. The number of nitrogens with zero attached hydrogens (tertiary/aromatic N) is 1. The number of pyridine rings is 1. The lowest BCUT2D eigenvalue weighted by atomic mass is 10.0. The lowest BCUT2D eigenvalue weighted by molar-refractivity contribution is 0.569. The van der Waals surface area contributed by atoms with Crippen LogP contribution in [-0.2, 0) is 10.0 Å². The molecule has 3 N–H and O–H groups in total. The zero-order chi connectivity index (χ0) is 13.9. The molecule has 1 atom stereocenters. The summed E-state index contributed by atoms with van der Waals surface area (Å²) >= 11 is 0. The number of aryl methyl sites for hydroxylation is 3. The number of primary sulfonamides is 1. The van der Waals surface area contributed by atoms with Crippen LogP contribution < -0.4 is 10.5 Å². The van der Waals surface area contributed by atoms with Gasteiger partial charge in [-0.3, -0.25) is 4.98 Å². The summed E-state index contributed by atoms with van der Waals surface area (Å²) in [5, 5.41) is 8.12. The van der Waals surface area contributed by atoms with Gasteiger partial charge in [-0.15, -0.1) is 0 Å². The number of rotatable bonds is 5. The molecular weight excluding hydrogens is 250 g/mol. The number of nitrogens with two attached hydrogens (primary N) is 1. The van der Waals surface area contributed by atoms with Gasteiger partial charge in [-0.2, -0.15) is 0 Å². The number of hydrogen-bond donors (Lipinski definition) is 2. The summed E-state index contributed by atoms with van der Waals surface area (Å²) in [6.45, 7) is 8.30. The van der Waals surface area contributed by atoms with Gasteiger partial charge in [0.05, 0.1) is 5.75 Å². The van der Waals surface area contributed by atoms with Crippen LogP contribution in [0.3, 0.4) is 0 Å². The predicted octanol–water partition coefficient (Wildman–Crippen LogP) is 0.946. The van der Waals surface area contributed by atoms with Crippen LogP contribution in [0.5, 0.6) is 0 Å². The van der Waals surface area contributed by atoms with E-state index in [-0.39, 0.29) is 11.8 Å². The Morgan fingerprint density at radius 2 is 2.00 bits per heavy atom. The Hall–Kier alpha value is -0.980. The van der Waals surface area contributed by atoms with E-state index >= 15 is 0 Å². The van der Waals surface area contributed by atoms with Gasteiger partial charge < -0.3 is 5.32 Å². The van der Waals surface area contributed by atoms with E-state index in [1.165, 1.54) is 0 Å². The van der Waals surface area contributed by atoms with Gasteiger partial charge in [-0.05, 0) is 44.9 Å². The third-order valence-electron chi connectivity index (χ3n) is 2.85. The monoisotopic (exact) mass is 271 g/mol. The zero-order valence-corrected chi connectivity index (χ0v) is 12.1. The van der Waals surface area contributed by atoms with Crippen molar-refractivity contribution >= 4 is 10.0 Å². The molecule has 0 radical (unpaired) electrons. The molecule has 0 saturated carbocycles. The Bertz CT molecular complexity index is 503. The van der Waals surface area contributed by atoms with Crippen LogP contribution in [0.25, 0.3) is 0 Å².